The molecule has 0 atom stereocenters. The van der Waals surface area contributed by atoms with Crippen molar-refractivity contribution in [3.8, 4) is 5.75 Å². The zero-order valence-electron chi connectivity index (χ0n) is 10.5. The molecule has 0 saturated heterocycles. The van der Waals surface area contributed by atoms with Gasteiger partial charge < -0.3 is 14.3 Å². The predicted octanol–water partition coefficient (Wildman–Crippen LogP) is -1.47. The van der Waals surface area contributed by atoms with Gasteiger partial charge in [-0.2, -0.15) is 0 Å². The van der Waals surface area contributed by atoms with Crippen LogP contribution in [0, 0.1) is 6.92 Å². The van der Waals surface area contributed by atoms with Crippen molar-refractivity contribution >= 4 is 21.0 Å². The van der Waals surface area contributed by atoms with Crippen molar-refractivity contribution in [2.45, 2.75) is 12.7 Å². The molecular formula is C11H12NNaO4S. The van der Waals surface area contributed by atoms with Crippen LogP contribution in [0.4, 0.5) is 0 Å². The van der Waals surface area contributed by atoms with Crippen LogP contribution >= 0.6 is 0 Å². The van der Waals surface area contributed by atoms with Gasteiger partial charge in [-0.15, -0.1) is 0 Å². The summed E-state index contributed by atoms with van der Waals surface area (Å²) in [5, 5.41) is 0.710. The standard InChI is InChI=1S/C11H13NO4S.Na/c1-7-10(6-17(13,14)15)9-5-8(16-2)3-4-11(9)12-7;/h3-5,12H,6H2,1-2H3,(H,13,14,15);/q;+1/p-1. The minimum Gasteiger partial charge on any atom is -0.748 e. The summed E-state index contributed by atoms with van der Waals surface area (Å²) >= 11 is 0. The summed E-state index contributed by atoms with van der Waals surface area (Å²) in [7, 11) is -2.76. The van der Waals surface area contributed by atoms with E-state index in [1.807, 2.05) is 0 Å². The van der Waals surface area contributed by atoms with Gasteiger partial charge in [0.1, 0.15) is 5.75 Å². The van der Waals surface area contributed by atoms with E-state index >= 15 is 0 Å². The number of benzene rings is 1. The van der Waals surface area contributed by atoms with Crippen LogP contribution in [-0.4, -0.2) is 25.1 Å². The fraction of sp³-hybridized carbons (Fsp3) is 0.273. The number of hydrogen-bond donors (Lipinski definition) is 1. The van der Waals surface area contributed by atoms with Crippen LogP contribution in [0.3, 0.4) is 0 Å². The summed E-state index contributed by atoms with van der Waals surface area (Å²) in [5.41, 5.74) is 1.99. The van der Waals surface area contributed by atoms with Crippen LogP contribution in [0.25, 0.3) is 10.9 Å². The fourth-order valence-corrected chi connectivity index (χ4v) is 2.58. The third-order valence-electron chi connectivity index (χ3n) is 2.65. The van der Waals surface area contributed by atoms with E-state index in [1.165, 1.54) is 7.11 Å². The summed E-state index contributed by atoms with van der Waals surface area (Å²) in [4.78, 5) is 3.04. The van der Waals surface area contributed by atoms with Gasteiger partial charge in [0.25, 0.3) is 0 Å². The Morgan fingerprint density at radius 3 is 2.61 bits per heavy atom. The molecule has 18 heavy (non-hydrogen) atoms. The quantitative estimate of drug-likeness (QED) is 0.549. The molecule has 2 rings (SSSR count). The molecular weight excluding hydrogens is 265 g/mol. The number of aromatic nitrogens is 1. The molecule has 0 fully saturated rings. The molecule has 7 heteroatoms. The topological polar surface area (TPSA) is 82.2 Å². The monoisotopic (exact) mass is 277 g/mol. The van der Waals surface area contributed by atoms with E-state index < -0.39 is 15.9 Å². The Kier molecular flexibility index (Phi) is 4.85. The van der Waals surface area contributed by atoms with E-state index in [0.717, 1.165) is 5.52 Å². The summed E-state index contributed by atoms with van der Waals surface area (Å²) in [6, 6.07) is 5.29. The van der Waals surface area contributed by atoms with Gasteiger partial charge in [-0.3, -0.25) is 0 Å². The molecule has 1 N–H and O–H groups in total. The zero-order valence-corrected chi connectivity index (χ0v) is 13.3. The maximum atomic E-state index is 10.8. The van der Waals surface area contributed by atoms with Crippen molar-refractivity contribution in [2.24, 2.45) is 0 Å². The Morgan fingerprint density at radius 1 is 1.39 bits per heavy atom. The summed E-state index contributed by atoms with van der Waals surface area (Å²) in [6.45, 7) is 1.74. The van der Waals surface area contributed by atoms with E-state index in [-0.39, 0.29) is 29.6 Å². The van der Waals surface area contributed by atoms with Gasteiger partial charge in [-0.05, 0) is 30.7 Å². The first-order chi connectivity index (χ1) is 7.90. The molecule has 1 aromatic carbocycles. The van der Waals surface area contributed by atoms with Gasteiger partial charge in [-0.25, -0.2) is 8.42 Å². The average molecular weight is 277 g/mol. The average Bonchev–Trinajstić information content (AvgIpc) is 2.53. The van der Waals surface area contributed by atoms with Crippen LogP contribution in [0.15, 0.2) is 18.2 Å². The SMILES string of the molecule is COc1ccc2[nH]c(C)c(CS(=O)(=O)[O-])c2c1.[Na+]. The fourth-order valence-electron chi connectivity index (χ4n) is 1.85. The first-order valence-electron chi connectivity index (χ1n) is 4.99. The second kappa shape index (κ2) is 5.63. The van der Waals surface area contributed by atoms with Crippen LogP contribution in [0.2, 0.25) is 0 Å². The second-order valence-electron chi connectivity index (χ2n) is 3.84. The minimum absolute atomic E-state index is 0. The third kappa shape index (κ3) is 3.27. The number of methoxy groups -OCH3 is 1. The number of hydrogen-bond acceptors (Lipinski definition) is 4. The zero-order chi connectivity index (χ0) is 12.6. The molecule has 0 bridgehead atoms. The number of aromatic amines is 1. The number of rotatable bonds is 3. The summed E-state index contributed by atoms with van der Waals surface area (Å²) < 4.78 is 37.6. The molecule has 2 aromatic rings. The third-order valence-corrected chi connectivity index (χ3v) is 3.29. The van der Waals surface area contributed by atoms with E-state index in [2.05, 4.69) is 4.98 Å². The molecule has 0 aliphatic carbocycles. The van der Waals surface area contributed by atoms with E-state index in [4.69, 9.17) is 4.74 Å². The molecule has 1 heterocycles. The minimum atomic E-state index is -4.29. The van der Waals surface area contributed by atoms with Gasteiger partial charge >= 0.3 is 29.6 Å². The van der Waals surface area contributed by atoms with Gasteiger partial charge in [0.05, 0.1) is 23.0 Å². The maximum Gasteiger partial charge on any atom is 1.00 e. The first-order valence-corrected chi connectivity index (χ1v) is 6.57. The van der Waals surface area contributed by atoms with Crippen molar-refractivity contribution in [1.82, 2.24) is 4.98 Å². The van der Waals surface area contributed by atoms with Crippen LogP contribution in [-0.2, 0) is 15.9 Å². The smallest absolute Gasteiger partial charge is 0.748 e. The van der Waals surface area contributed by atoms with Crippen molar-refractivity contribution in [1.29, 1.82) is 0 Å². The molecule has 0 radical (unpaired) electrons. The molecule has 0 aliphatic heterocycles. The number of aryl methyl sites for hydroxylation is 1. The van der Waals surface area contributed by atoms with E-state index in [0.29, 0.717) is 22.4 Å². The second-order valence-corrected chi connectivity index (χ2v) is 5.25. The normalized spacial score (nSPS) is 11.3. The molecule has 0 spiro atoms. The molecule has 1 aromatic heterocycles. The summed E-state index contributed by atoms with van der Waals surface area (Å²) in [6.07, 6.45) is 0. The van der Waals surface area contributed by atoms with Crippen molar-refractivity contribution in [2.75, 3.05) is 7.11 Å². The Balaban J connectivity index is 0.00000162. The Bertz CT molecular complexity index is 663. The molecule has 0 saturated carbocycles. The predicted molar refractivity (Wildman–Crippen MR) is 63.0 cm³/mol. The molecule has 0 unspecified atom stereocenters. The van der Waals surface area contributed by atoms with Crippen molar-refractivity contribution < 1.29 is 47.3 Å². The molecule has 0 aliphatic rings. The Labute approximate surface area is 128 Å². The molecule has 0 amide bonds. The summed E-state index contributed by atoms with van der Waals surface area (Å²) in [5.74, 6) is 0.118. The van der Waals surface area contributed by atoms with Gasteiger partial charge in [-0.1, -0.05) is 0 Å². The van der Waals surface area contributed by atoms with Crippen molar-refractivity contribution in [3.63, 3.8) is 0 Å². The number of fused-ring (bicyclic) bond motifs is 1. The largest absolute Gasteiger partial charge is 1.00 e. The number of ether oxygens (including phenoxy) is 1. The Morgan fingerprint density at radius 2 is 2.06 bits per heavy atom. The van der Waals surface area contributed by atoms with Gasteiger partial charge in [0, 0.05) is 16.6 Å². The molecule has 92 valence electrons. The van der Waals surface area contributed by atoms with Crippen LogP contribution in [0.5, 0.6) is 5.75 Å². The van der Waals surface area contributed by atoms with E-state index in [1.54, 1.807) is 25.1 Å². The van der Waals surface area contributed by atoms with E-state index in [9.17, 15) is 13.0 Å². The first kappa shape index (κ1) is 15.5. The maximum absolute atomic E-state index is 10.8. The van der Waals surface area contributed by atoms with Gasteiger partial charge in [0.15, 0.2) is 0 Å². The van der Waals surface area contributed by atoms with Gasteiger partial charge in [0.2, 0.25) is 0 Å². The number of nitrogens with one attached hydrogen (secondary N) is 1. The number of H-pyrrole nitrogens is 1. The van der Waals surface area contributed by atoms with Crippen molar-refractivity contribution in [3.05, 3.63) is 29.5 Å². The molecule has 5 nitrogen and oxygen atoms in total. The van der Waals surface area contributed by atoms with Crippen LogP contribution in [0.1, 0.15) is 11.3 Å². The van der Waals surface area contributed by atoms with Crippen LogP contribution < -0.4 is 34.3 Å². The Hall–Kier alpha value is -0.530.